The topological polar surface area (TPSA) is 35.5 Å². The maximum atomic E-state index is 11.6. The standard InChI is InChI=1S/C21H38O3Si2/c1-20(2,3)25(7,8)23-18-13-11-17(12-14-18)15-19(16-22)24-26(9,10)21(4,5)6/h11-14,16,19H,15H2,1-10H3. The summed E-state index contributed by atoms with van der Waals surface area (Å²) >= 11 is 0. The SMILES string of the molecule is CC(C)(C)[Si](C)(C)Oc1ccc(CC(C=O)O[Si](C)(C)C(C)(C)C)cc1. The average Bonchev–Trinajstić information content (AvgIpc) is 2.45. The third-order valence-electron chi connectivity index (χ3n) is 5.94. The smallest absolute Gasteiger partial charge is 0.250 e. The molecule has 1 unspecified atom stereocenters. The third-order valence-corrected chi connectivity index (χ3v) is 14.8. The van der Waals surface area contributed by atoms with Gasteiger partial charge in [0, 0.05) is 6.42 Å². The molecule has 1 atom stereocenters. The molecule has 148 valence electrons. The minimum Gasteiger partial charge on any atom is -0.544 e. The van der Waals surface area contributed by atoms with Crippen molar-refractivity contribution in [2.75, 3.05) is 0 Å². The van der Waals surface area contributed by atoms with E-state index >= 15 is 0 Å². The van der Waals surface area contributed by atoms with Crippen molar-refractivity contribution in [1.82, 2.24) is 0 Å². The lowest BCUT2D eigenvalue weighted by molar-refractivity contribution is -0.114. The zero-order valence-electron chi connectivity index (χ0n) is 18.4. The summed E-state index contributed by atoms with van der Waals surface area (Å²) < 4.78 is 12.6. The fraction of sp³-hybridized carbons (Fsp3) is 0.667. The molecule has 0 saturated carbocycles. The van der Waals surface area contributed by atoms with Crippen LogP contribution in [0.25, 0.3) is 0 Å². The van der Waals surface area contributed by atoms with Crippen LogP contribution in [-0.4, -0.2) is 29.0 Å². The molecule has 0 amide bonds. The van der Waals surface area contributed by atoms with Crippen LogP contribution in [0.1, 0.15) is 47.1 Å². The van der Waals surface area contributed by atoms with Crippen LogP contribution in [0.2, 0.25) is 36.3 Å². The van der Waals surface area contributed by atoms with Crippen LogP contribution < -0.4 is 4.43 Å². The van der Waals surface area contributed by atoms with Gasteiger partial charge in [0.1, 0.15) is 18.1 Å². The number of hydrogen-bond donors (Lipinski definition) is 0. The maximum absolute atomic E-state index is 11.6. The van der Waals surface area contributed by atoms with Crippen molar-refractivity contribution in [2.24, 2.45) is 0 Å². The van der Waals surface area contributed by atoms with Crippen LogP contribution >= 0.6 is 0 Å². The highest BCUT2D eigenvalue weighted by Gasteiger charge is 2.40. The molecule has 1 rings (SSSR count). The highest BCUT2D eigenvalue weighted by Crippen LogP contribution is 2.38. The van der Waals surface area contributed by atoms with Crippen molar-refractivity contribution in [3.63, 3.8) is 0 Å². The van der Waals surface area contributed by atoms with E-state index in [1.165, 1.54) is 0 Å². The Bertz CT molecular complexity index is 593. The van der Waals surface area contributed by atoms with Crippen LogP contribution in [0.15, 0.2) is 24.3 Å². The lowest BCUT2D eigenvalue weighted by Gasteiger charge is -2.38. The van der Waals surface area contributed by atoms with Gasteiger partial charge in [-0.1, -0.05) is 53.7 Å². The second kappa shape index (κ2) is 7.99. The van der Waals surface area contributed by atoms with Crippen LogP contribution in [-0.2, 0) is 15.6 Å². The van der Waals surface area contributed by atoms with E-state index in [-0.39, 0.29) is 16.2 Å². The molecule has 0 aromatic heterocycles. The van der Waals surface area contributed by atoms with Gasteiger partial charge in [-0.15, -0.1) is 0 Å². The Kier molecular flexibility index (Phi) is 7.10. The van der Waals surface area contributed by atoms with Gasteiger partial charge in [0.2, 0.25) is 8.32 Å². The number of rotatable bonds is 7. The summed E-state index contributed by atoms with van der Waals surface area (Å²) in [5.74, 6) is 0.910. The minimum absolute atomic E-state index is 0.0924. The molecule has 0 fully saturated rings. The molecule has 0 aliphatic heterocycles. The van der Waals surface area contributed by atoms with Crippen molar-refractivity contribution in [3.05, 3.63) is 29.8 Å². The van der Waals surface area contributed by atoms with Gasteiger partial charge in [-0.3, -0.25) is 0 Å². The first-order valence-electron chi connectivity index (χ1n) is 9.50. The fourth-order valence-corrected chi connectivity index (χ4v) is 4.33. The monoisotopic (exact) mass is 394 g/mol. The van der Waals surface area contributed by atoms with E-state index in [9.17, 15) is 4.79 Å². The zero-order valence-corrected chi connectivity index (χ0v) is 20.4. The first-order valence-corrected chi connectivity index (χ1v) is 15.3. The highest BCUT2D eigenvalue weighted by atomic mass is 28.4. The summed E-state index contributed by atoms with van der Waals surface area (Å²) in [5, 5.41) is 0.264. The number of aldehydes is 1. The summed E-state index contributed by atoms with van der Waals surface area (Å²) in [5.41, 5.74) is 1.10. The second-order valence-electron chi connectivity index (χ2n) is 10.3. The van der Waals surface area contributed by atoms with Gasteiger partial charge in [-0.05, 0) is 54.0 Å². The van der Waals surface area contributed by atoms with Gasteiger partial charge in [-0.2, -0.15) is 0 Å². The largest absolute Gasteiger partial charge is 0.544 e. The molecular formula is C21H38O3Si2. The molecule has 1 aromatic carbocycles. The van der Waals surface area contributed by atoms with E-state index in [4.69, 9.17) is 8.85 Å². The van der Waals surface area contributed by atoms with Gasteiger partial charge < -0.3 is 13.6 Å². The summed E-state index contributed by atoms with van der Waals surface area (Å²) in [7, 11) is -3.79. The summed E-state index contributed by atoms with van der Waals surface area (Å²) in [4.78, 5) is 11.6. The van der Waals surface area contributed by atoms with E-state index in [1.807, 2.05) is 24.3 Å². The Morgan fingerprint density at radius 1 is 0.885 bits per heavy atom. The minimum atomic E-state index is -1.96. The molecule has 3 nitrogen and oxygen atoms in total. The van der Waals surface area contributed by atoms with E-state index < -0.39 is 16.6 Å². The number of benzene rings is 1. The van der Waals surface area contributed by atoms with Crippen molar-refractivity contribution in [1.29, 1.82) is 0 Å². The van der Waals surface area contributed by atoms with Crippen molar-refractivity contribution in [2.45, 2.75) is 90.3 Å². The summed E-state index contributed by atoms with van der Waals surface area (Å²) in [6.45, 7) is 22.1. The molecule has 0 bridgehead atoms. The van der Waals surface area contributed by atoms with Crippen LogP contribution in [0.5, 0.6) is 5.75 Å². The van der Waals surface area contributed by atoms with E-state index in [0.29, 0.717) is 6.42 Å². The van der Waals surface area contributed by atoms with Crippen LogP contribution in [0.3, 0.4) is 0 Å². The summed E-state index contributed by atoms with van der Waals surface area (Å²) in [6, 6.07) is 8.13. The first-order chi connectivity index (χ1) is 11.6. The lowest BCUT2D eigenvalue weighted by Crippen LogP contribution is -2.45. The Hall–Kier alpha value is -0.916. The van der Waals surface area contributed by atoms with Gasteiger partial charge in [0.25, 0.3) is 0 Å². The molecule has 0 aliphatic carbocycles. The molecule has 0 aliphatic rings. The lowest BCUT2D eigenvalue weighted by atomic mass is 10.1. The zero-order chi connectivity index (χ0) is 20.4. The van der Waals surface area contributed by atoms with E-state index in [2.05, 4.69) is 67.7 Å². The molecule has 0 radical (unpaired) electrons. The molecule has 0 heterocycles. The number of carbonyl (C=O) groups excluding carboxylic acids is 1. The van der Waals surface area contributed by atoms with Gasteiger partial charge in [-0.25, -0.2) is 0 Å². The van der Waals surface area contributed by atoms with Gasteiger partial charge in [0.15, 0.2) is 8.32 Å². The Morgan fingerprint density at radius 3 is 1.73 bits per heavy atom. The summed E-state index contributed by atoms with van der Waals surface area (Å²) in [6.07, 6.45) is 1.17. The number of carbonyl (C=O) groups is 1. The van der Waals surface area contributed by atoms with Crippen molar-refractivity contribution >= 4 is 22.9 Å². The molecule has 0 saturated heterocycles. The quantitative estimate of drug-likeness (QED) is 0.408. The van der Waals surface area contributed by atoms with Crippen LogP contribution in [0.4, 0.5) is 0 Å². The molecular weight excluding hydrogens is 356 g/mol. The van der Waals surface area contributed by atoms with Crippen molar-refractivity contribution in [3.8, 4) is 5.75 Å². The molecule has 1 aromatic rings. The van der Waals surface area contributed by atoms with Crippen LogP contribution in [0, 0.1) is 0 Å². The van der Waals surface area contributed by atoms with E-state index in [0.717, 1.165) is 17.6 Å². The van der Waals surface area contributed by atoms with Crippen molar-refractivity contribution < 1.29 is 13.6 Å². The molecule has 26 heavy (non-hydrogen) atoms. The Balaban J connectivity index is 2.81. The Labute approximate surface area is 162 Å². The molecule has 0 N–H and O–H groups in total. The highest BCUT2D eigenvalue weighted by molar-refractivity contribution is 6.75. The third kappa shape index (κ3) is 6.06. The molecule has 5 heteroatoms. The second-order valence-corrected chi connectivity index (χ2v) is 19.7. The van der Waals surface area contributed by atoms with Gasteiger partial charge in [0.05, 0.1) is 0 Å². The Morgan fingerprint density at radius 2 is 1.35 bits per heavy atom. The predicted molar refractivity (Wildman–Crippen MR) is 116 cm³/mol. The van der Waals surface area contributed by atoms with Gasteiger partial charge >= 0.3 is 0 Å². The fourth-order valence-electron chi connectivity index (χ4n) is 2.05. The number of hydrogen-bond acceptors (Lipinski definition) is 3. The first kappa shape index (κ1) is 23.1. The predicted octanol–water partition coefficient (Wildman–Crippen LogP) is 6.20. The maximum Gasteiger partial charge on any atom is 0.250 e. The molecule has 0 spiro atoms. The normalized spacial score (nSPS) is 14.8. The van der Waals surface area contributed by atoms with E-state index in [1.54, 1.807) is 0 Å². The average molecular weight is 395 g/mol.